The van der Waals surface area contributed by atoms with E-state index in [4.69, 9.17) is 0 Å². The molecule has 0 radical (unpaired) electrons. The molecule has 0 amide bonds. The number of aromatic nitrogens is 6. The number of imidazole rings is 1. The van der Waals surface area contributed by atoms with Gasteiger partial charge in [-0.1, -0.05) is 0 Å². The van der Waals surface area contributed by atoms with E-state index < -0.39 is 17.8 Å². The molecule has 0 spiro atoms. The summed E-state index contributed by atoms with van der Waals surface area (Å²) in [6.07, 6.45) is 1.45. The first-order chi connectivity index (χ1) is 15.3. The number of hydrogen-bond donors (Lipinski definition) is 2. The van der Waals surface area contributed by atoms with Gasteiger partial charge >= 0.3 is 6.18 Å². The third kappa shape index (κ3) is 3.68. The summed E-state index contributed by atoms with van der Waals surface area (Å²) in [6, 6.07) is 4.04. The number of alkyl halides is 3. The molecule has 11 heteroatoms. The molecule has 0 aliphatic carbocycles. The van der Waals surface area contributed by atoms with E-state index in [1.165, 1.54) is 16.7 Å². The van der Waals surface area contributed by atoms with Gasteiger partial charge in [-0.15, -0.1) is 0 Å². The molecule has 1 aliphatic heterocycles. The van der Waals surface area contributed by atoms with Gasteiger partial charge < -0.3 is 10.0 Å². The van der Waals surface area contributed by atoms with Crippen molar-refractivity contribution in [3.8, 4) is 11.5 Å². The fourth-order valence-electron chi connectivity index (χ4n) is 4.23. The normalized spacial score (nSPS) is 19.6. The number of nitrogens with zero attached hydrogens (tertiary/aromatic N) is 6. The summed E-state index contributed by atoms with van der Waals surface area (Å²) in [7, 11) is 0. The number of aliphatic hydroxyl groups excluding tert-OH is 1. The van der Waals surface area contributed by atoms with Crippen LogP contribution in [0.3, 0.4) is 0 Å². The minimum Gasteiger partial charge on any atom is -0.391 e. The first kappa shape index (κ1) is 20.4. The summed E-state index contributed by atoms with van der Waals surface area (Å²) < 4.78 is 40.9. The number of anilines is 1. The molecule has 0 aromatic carbocycles. The third-order valence-electron chi connectivity index (χ3n) is 5.77. The van der Waals surface area contributed by atoms with Crippen molar-refractivity contribution in [3.63, 3.8) is 0 Å². The number of fused-ring (bicyclic) bond motifs is 1. The van der Waals surface area contributed by atoms with Crippen LogP contribution in [0, 0.1) is 6.92 Å². The van der Waals surface area contributed by atoms with E-state index in [-0.39, 0.29) is 11.7 Å². The van der Waals surface area contributed by atoms with Crippen LogP contribution >= 0.6 is 0 Å². The number of β-amino-alcohol motifs (C(OH)–C–C–N with tert-alkyl or cyclic N) is 1. The Morgan fingerprint density at radius 3 is 2.75 bits per heavy atom. The lowest BCUT2D eigenvalue weighted by molar-refractivity contribution is -0.137. The molecule has 32 heavy (non-hydrogen) atoms. The molecule has 1 saturated heterocycles. The molecule has 1 aliphatic rings. The van der Waals surface area contributed by atoms with Gasteiger partial charge in [0.05, 0.1) is 23.6 Å². The van der Waals surface area contributed by atoms with Gasteiger partial charge in [-0.3, -0.25) is 9.50 Å². The van der Waals surface area contributed by atoms with Gasteiger partial charge in [0.25, 0.3) is 0 Å². The van der Waals surface area contributed by atoms with Gasteiger partial charge in [0, 0.05) is 37.6 Å². The van der Waals surface area contributed by atoms with Gasteiger partial charge in [0.2, 0.25) is 0 Å². The molecular formula is C21H20F3N7O. The van der Waals surface area contributed by atoms with E-state index in [9.17, 15) is 18.3 Å². The Bertz CT molecular complexity index is 1270. The lowest BCUT2D eigenvalue weighted by Crippen LogP contribution is -2.42. The van der Waals surface area contributed by atoms with Crippen LogP contribution in [0.25, 0.3) is 17.2 Å². The Hall–Kier alpha value is -3.47. The smallest absolute Gasteiger partial charge is 0.391 e. The number of pyridine rings is 1. The fourth-order valence-corrected chi connectivity index (χ4v) is 4.23. The topological polar surface area (TPSA) is 95.2 Å². The Morgan fingerprint density at radius 2 is 2.00 bits per heavy atom. The number of aryl methyl sites for hydroxylation is 1. The molecule has 166 valence electrons. The van der Waals surface area contributed by atoms with Gasteiger partial charge in [-0.05, 0) is 37.1 Å². The second-order valence-electron chi connectivity index (χ2n) is 7.94. The molecule has 0 unspecified atom stereocenters. The van der Waals surface area contributed by atoms with E-state index in [1.54, 1.807) is 12.3 Å². The van der Waals surface area contributed by atoms with Crippen LogP contribution in [0.15, 0.2) is 43.0 Å². The minimum absolute atomic E-state index is 0.0704. The monoisotopic (exact) mass is 443 g/mol. The fraction of sp³-hybridized carbons (Fsp3) is 0.333. The highest BCUT2D eigenvalue weighted by molar-refractivity contribution is 5.59. The second kappa shape index (κ2) is 7.59. The average Bonchev–Trinajstić information content (AvgIpc) is 3.38. The van der Waals surface area contributed by atoms with Crippen LogP contribution in [-0.2, 0) is 6.18 Å². The van der Waals surface area contributed by atoms with Crippen molar-refractivity contribution in [3.05, 3.63) is 59.8 Å². The zero-order valence-electron chi connectivity index (χ0n) is 17.1. The van der Waals surface area contributed by atoms with Crippen molar-refractivity contribution in [1.29, 1.82) is 0 Å². The number of piperidine rings is 1. The van der Waals surface area contributed by atoms with E-state index in [1.807, 2.05) is 18.0 Å². The summed E-state index contributed by atoms with van der Waals surface area (Å²) in [5.41, 5.74) is 1.87. The number of aromatic amines is 1. The molecule has 4 aromatic rings. The molecule has 2 N–H and O–H groups in total. The van der Waals surface area contributed by atoms with E-state index in [0.29, 0.717) is 36.7 Å². The summed E-state index contributed by atoms with van der Waals surface area (Å²) in [6.45, 7) is 2.94. The third-order valence-corrected chi connectivity index (χ3v) is 5.77. The minimum atomic E-state index is -4.47. The molecule has 0 bridgehead atoms. The van der Waals surface area contributed by atoms with Crippen molar-refractivity contribution in [2.45, 2.75) is 31.5 Å². The molecule has 4 aromatic heterocycles. The standard InChI is InChI=1S/C21H20F3N7O/c1-12-16(7-27-29-12)13-6-15(32)11-30(9-13)19-4-5-25-20(28-19)17-8-26-18-3-2-14(10-31(17)18)21(22,23)24/h2-5,7-8,10,13,15,32H,6,9,11H2,1H3,(H,27,29)/t13-,15+/m0/s1. The van der Waals surface area contributed by atoms with Crippen LogP contribution in [-0.4, -0.2) is 53.9 Å². The summed E-state index contributed by atoms with van der Waals surface area (Å²) in [5.74, 6) is 0.910. The van der Waals surface area contributed by atoms with Gasteiger partial charge in [-0.25, -0.2) is 15.0 Å². The van der Waals surface area contributed by atoms with Crippen LogP contribution in [0.2, 0.25) is 0 Å². The number of nitrogens with one attached hydrogen (secondary N) is 1. The maximum atomic E-state index is 13.2. The number of halogens is 3. The highest BCUT2D eigenvalue weighted by atomic mass is 19.4. The summed E-state index contributed by atoms with van der Waals surface area (Å²) in [4.78, 5) is 15.0. The van der Waals surface area contributed by atoms with Crippen molar-refractivity contribution < 1.29 is 18.3 Å². The van der Waals surface area contributed by atoms with Crippen LogP contribution in [0.1, 0.15) is 29.2 Å². The Labute approximate surface area is 180 Å². The van der Waals surface area contributed by atoms with Crippen LogP contribution < -0.4 is 4.90 Å². The highest BCUT2D eigenvalue weighted by Gasteiger charge is 2.32. The molecule has 2 atom stereocenters. The lowest BCUT2D eigenvalue weighted by atomic mass is 9.89. The Morgan fingerprint density at radius 1 is 1.16 bits per heavy atom. The first-order valence-electron chi connectivity index (χ1n) is 10.1. The molecule has 5 rings (SSSR count). The molecule has 5 heterocycles. The van der Waals surface area contributed by atoms with Gasteiger partial charge in [0.15, 0.2) is 5.82 Å². The maximum absolute atomic E-state index is 13.2. The van der Waals surface area contributed by atoms with Crippen LogP contribution in [0.4, 0.5) is 19.0 Å². The number of aliphatic hydroxyl groups is 1. The quantitative estimate of drug-likeness (QED) is 0.505. The number of H-pyrrole nitrogens is 1. The van der Waals surface area contributed by atoms with Crippen molar-refractivity contribution in [1.82, 2.24) is 29.5 Å². The molecule has 8 nitrogen and oxygen atoms in total. The average molecular weight is 443 g/mol. The maximum Gasteiger partial charge on any atom is 0.417 e. The number of rotatable bonds is 3. The van der Waals surface area contributed by atoms with Crippen molar-refractivity contribution >= 4 is 11.5 Å². The zero-order chi connectivity index (χ0) is 22.5. The first-order valence-corrected chi connectivity index (χ1v) is 10.1. The van der Waals surface area contributed by atoms with Gasteiger partial charge in [-0.2, -0.15) is 18.3 Å². The SMILES string of the molecule is Cc1n[nH]cc1[C@H]1C[C@@H](O)CN(c2ccnc(-c3cnc4ccc(C(F)(F)F)cn34)n2)C1. The predicted octanol–water partition coefficient (Wildman–Crippen LogP) is 3.20. The molecular weight excluding hydrogens is 423 g/mol. The van der Waals surface area contributed by atoms with E-state index >= 15 is 0 Å². The Balaban J connectivity index is 1.49. The van der Waals surface area contributed by atoms with Crippen LogP contribution in [0.5, 0.6) is 0 Å². The largest absolute Gasteiger partial charge is 0.417 e. The summed E-state index contributed by atoms with van der Waals surface area (Å²) in [5, 5.41) is 17.5. The number of hydrogen-bond acceptors (Lipinski definition) is 6. The molecule has 1 fully saturated rings. The predicted molar refractivity (Wildman–Crippen MR) is 110 cm³/mol. The second-order valence-corrected chi connectivity index (χ2v) is 7.94. The van der Waals surface area contributed by atoms with Crippen molar-refractivity contribution in [2.24, 2.45) is 0 Å². The summed E-state index contributed by atoms with van der Waals surface area (Å²) >= 11 is 0. The molecule has 0 saturated carbocycles. The van der Waals surface area contributed by atoms with Crippen molar-refractivity contribution in [2.75, 3.05) is 18.0 Å². The zero-order valence-corrected chi connectivity index (χ0v) is 17.1. The van der Waals surface area contributed by atoms with Gasteiger partial charge in [0.1, 0.15) is 17.2 Å². The Kier molecular flexibility index (Phi) is 4.85. The highest BCUT2D eigenvalue weighted by Crippen LogP contribution is 2.32. The lowest BCUT2D eigenvalue weighted by Gasteiger charge is -2.36. The van der Waals surface area contributed by atoms with E-state index in [0.717, 1.165) is 23.5 Å². The van der Waals surface area contributed by atoms with E-state index in [2.05, 4.69) is 25.1 Å².